The third kappa shape index (κ3) is 3.46. The maximum absolute atomic E-state index is 12.4. The normalized spacial score (nSPS) is 17.2. The number of sulfonamides is 2. The van der Waals surface area contributed by atoms with Crippen molar-refractivity contribution >= 4 is 31.6 Å². The van der Waals surface area contributed by atoms with Crippen molar-refractivity contribution in [1.29, 1.82) is 0 Å². The molecule has 2 aromatic rings. The zero-order valence-electron chi connectivity index (χ0n) is 13.3. The van der Waals surface area contributed by atoms with Gasteiger partial charge in [0.15, 0.2) is 0 Å². The minimum atomic E-state index is -3.81. The smallest absolute Gasteiger partial charge is 0.242 e. The van der Waals surface area contributed by atoms with E-state index in [1.54, 1.807) is 12.1 Å². The Hall–Kier alpha value is -2.17. The zero-order chi connectivity index (χ0) is 18.2. The Kier molecular flexibility index (Phi) is 4.43. The summed E-state index contributed by atoms with van der Waals surface area (Å²) in [5, 5.41) is 0. The predicted octanol–water partition coefficient (Wildman–Crippen LogP) is 1.13. The summed E-state index contributed by atoms with van der Waals surface area (Å²) in [7, 11) is -7.50. The third-order valence-corrected chi connectivity index (χ3v) is 7.03. The van der Waals surface area contributed by atoms with Crippen LogP contribution in [0.15, 0.2) is 45.9 Å². The minimum absolute atomic E-state index is 0.00445. The van der Waals surface area contributed by atoms with Crippen molar-refractivity contribution in [2.24, 2.45) is 0 Å². The van der Waals surface area contributed by atoms with Crippen LogP contribution in [-0.4, -0.2) is 28.5 Å². The molecule has 1 aliphatic rings. The molecule has 1 aromatic heterocycles. The monoisotopic (exact) mass is 384 g/mol. The van der Waals surface area contributed by atoms with Crippen LogP contribution >= 0.6 is 0 Å². The average Bonchev–Trinajstić information content (AvgIpc) is 3.13. The van der Waals surface area contributed by atoms with E-state index in [1.165, 1.54) is 31.4 Å². The van der Waals surface area contributed by atoms with Gasteiger partial charge in [-0.05, 0) is 42.8 Å². The van der Waals surface area contributed by atoms with E-state index in [1.807, 2.05) is 0 Å². The molecule has 3 rings (SSSR count). The number of hydrogen-bond donors (Lipinski definition) is 1. The van der Waals surface area contributed by atoms with Crippen molar-refractivity contribution in [3.05, 3.63) is 47.9 Å². The summed E-state index contributed by atoms with van der Waals surface area (Å²) in [5.41, 5.74) is 0.476. The summed E-state index contributed by atoms with van der Waals surface area (Å²) in [6.45, 7) is 1.54. The molecule has 2 heterocycles. The molecule has 0 unspecified atom stereocenters. The Morgan fingerprint density at radius 3 is 2.60 bits per heavy atom. The minimum Gasteiger partial charge on any atom is -0.468 e. The Morgan fingerprint density at radius 2 is 2.04 bits per heavy atom. The maximum Gasteiger partial charge on any atom is 0.242 e. The third-order valence-electron chi connectivity index (χ3n) is 3.78. The number of aryl methyl sites for hydroxylation is 1. The first-order valence-electron chi connectivity index (χ1n) is 7.39. The molecule has 134 valence electrons. The number of benzene rings is 1. The fourth-order valence-electron chi connectivity index (χ4n) is 2.59. The van der Waals surface area contributed by atoms with Gasteiger partial charge in [0.05, 0.1) is 29.1 Å². The lowest BCUT2D eigenvalue weighted by Gasteiger charge is -2.17. The highest BCUT2D eigenvalue weighted by atomic mass is 32.2. The number of nitrogens with one attached hydrogen (secondary N) is 1. The van der Waals surface area contributed by atoms with Gasteiger partial charge in [-0.15, -0.1) is 0 Å². The molecular weight excluding hydrogens is 368 g/mol. The van der Waals surface area contributed by atoms with Crippen LogP contribution in [0.25, 0.3) is 0 Å². The van der Waals surface area contributed by atoms with E-state index in [2.05, 4.69) is 4.72 Å². The van der Waals surface area contributed by atoms with Crippen LogP contribution in [-0.2, 0) is 31.4 Å². The van der Waals surface area contributed by atoms with Crippen LogP contribution < -0.4 is 9.03 Å². The van der Waals surface area contributed by atoms with E-state index >= 15 is 0 Å². The first kappa shape index (κ1) is 17.6. The van der Waals surface area contributed by atoms with Gasteiger partial charge in [0.25, 0.3) is 0 Å². The molecular formula is C15H16N2O6S2. The number of nitrogens with zero attached hydrogens (tertiary/aromatic N) is 1. The molecule has 8 nitrogen and oxygen atoms in total. The highest BCUT2D eigenvalue weighted by Crippen LogP contribution is 2.28. The molecule has 1 aromatic carbocycles. The maximum atomic E-state index is 12.4. The molecule has 10 heteroatoms. The Balaban J connectivity index is 1.88. The lowest BCUT2D eigenvalue weighted by Crippen LogP contribution is -2.29. The number of anilines is 1. The molecule has 0 bridgehead atoms. The van der Waals surface area contributed by atoms with E-state index in [-0.39, 0.29) is 29.3 Å². The van der Waals surface area contributed by atoms with Crippen LogP contribution in [0.5, 0.6) is 0 Å². The average molecular weight is 384 g/mol. The van der Waals surface area contributed by atoms with E-state index in [9.17, 15) is 21.6 Å². The summed E-state index contributed by atoms with van der Waals surface area (Å²) in [6.07, 6.45) is 1.36. The lowest BCUT2D eigenvalue weighted by molar-refractivity contribution is -0.116. The van der Waals surface area contributed by atoms with Gasteiger partial charge in [0, 0.05) is 6.42 Å². The SMILES string of the molecule is Cc1cc(N2C(=O)CCS2(=O)=O)ccc1S(=O)(=O)NCc1ccco1. The molecule has 1 N–H and O–H groups in total. The van der Waals surface area contributed by atoms with Crippen molar-refractivity contribution < 1.29 is 26.0 Å². The summed E-state index contributed by atoms with van der Waals surface area (Å²) in [5.74, 6) is -0.298. The second kappa shape index (κ2) is 6.28. The van der Waals surface area contributed by atoms with Crippen LogP contribution in [0.2, 0.25) is 0 Å². The van der Waals surface area contributed by atoms with Crippen LogP contribution in [0, 0.1) is 6.92 Å². The summed E-state index contributed by atoms with van der Waals surface area (Å²) in [6, 6.07) is 7.27. The van der Waals surface area contributed by atoms with E-state index in [0.29, 0.717) is 11.3 Å². The number of carbonyl (C=O) groups excluding carboxylic acids is 1. The first-order valence-corrected chi connectivity index (χ1v) is 10.5. The van der Waals surface area contributed by atoms with Crippen molar-refractivity contribution in [1.82, 2.24) is 4.72 Å². The fraction of sp³-hybridized carbons (Fsp3) is 0.267. The van der Waals surface area contributed by atoms with Crippen molar-refractivity contribution in [2.75, 3.05) is 10.1 Å². The van der Waals surface area contributed by atoms with Gasteiger partial charge in [-0.3, -0.25) is 4.79 Å². The second-order valence-corrected chi connectivity index (χ2v) is 9.25. The first-order chi connectivity index (χ1) is 11.7. The number of carbonyl (C=O) groups is 1. The van der Waals surface area contributed by atoms with Gasteiger partial charge in [-0.1, -0.05) is 0 Å². The van der Waals surface area contributed by atoms with E-state index < -0.39 is 26.0 Å². The van der Waals surface area contributed by atoms with Crippen molar-refractivity contribution in [2.45, 2.75) is 24.8 Å². The van der Waals surface area contributed by atoms with Crippen LogP contribution in [0.1, 0.15) is 17.7 Å². The van der Waals surface area contributed by atoms with Crippen molar-refractivity contribution in [3.63, 3.8) is 0 Å². The second-order valence-electron chi connectivity index (χ2n) is 5.58. The van der Waals surface area contributed by atoms with Gasteiger partial charge in [-0.2, -0.15) is 0 Å². The van der Waals surface area contributed by atoms with Gasteiger partial charge in [0.2, 0.25) is 26.0 Å². The number of rotatable bonds is 5. The molecule has 0 spiro atoms. The number of amides is 1. The Morgan fingerprint density at radius 1 is 1.28 bits per heavy atom. The molecule has 25 heavy (non-hydrogen) atoms. The number of furan rings is 1. The van der Waals surface area contributed by atoms with Crippen molar-refractivity contribution in [3.8, 4) is 0 Å². The van der Waals surface area contributed by atoms with Gasteiger partial charge in [0.1, 0.15) is 5.76 Å². The topological polar surface area (TPSA) is 114 Å². The summed E-state index contributed by atoms with van der Waals surface area (Å²) in [4.78, 5) is 11.8. The molecule has 1 saturated heterocycles. The fourth-order valence-corrected chi connectivity index (χ4v) is 5.26. The van der Waals surface area contributed by atoms with Crippen LogP contribution in [0.4, 0.5) is 5.69 Å². The molecule has 0 aliphatic carbocycles. The van der Waals surface area contributed by atoms with Gasteiger partial charge in [-0.25, -0.2) is 25.9 Å². The molecule has 0 radical (unpaired) electrons. The van der Waals surface area contributed by atoms with Gasteiger partial charge < -0.3 is 4.42 Å². The quantitative estimate of drug-likeness (QED) is 0.827. The molecule has 0 saturated carbocycles. The molecule has 0 atom stereocenters. The highest BCUT2D eigenvalue weighted by Gasteiger charge is 2.36. The molecule has 1 amide bonds. The summed E-state index contributed by atoms with van der Waals surface area (Å²) < 4.78 is 57.0. The Bertz CT molecular complexity index is 1010. The zero-order valence-corrected chi connectivity index (χ0v) is 14.9. The van der Waals surface area contributed by atoms with Gasteiger partial charge >= 0.3 is 0 Å². The van der Waals surface area contributed by atoms with E-state index in [4.69, 9.17) is 4.42 Å². The molecule has 1 aliphatic heterocycles. The largest absolute Gasteiger partial charge is 0.468 e. The molecule has 1 fully saturated rings. The Labute approximate surface area is 145 Å². The lowest BCUT2D eigenvalue weighted by atomic mass is 10.2. The predicted molar refractivity (Wildman–Crippen MR) is 89.8 cm³/mol. The van der Waals surface area contributed by atoms with E-state index in [0.717, 1.165) is 4.31 Å². The van der Waals surface area contributed by atoms with Crippen LogP contribution in [0.3, 0.4) is 0 Å². The summed E-state index contributed by atoms with van der Waals surface area (Å²) >= 11 is 0. The number of hydrogen-bond acceptors (Lipinski definition) is 6. The highest BCUT2D eigenvalue weighted by molar-refractivity contribution is 7.94. The standard InChI is InChI=1S/C15H16N2O6S2/c1-11-9-12(17-15(18)6-8-24(17,19)20)4-5-14(11)25(21,22)16-10-13-3-2-7-23-13/h2-5,7,9,16H,6,8,10H2,1H3.